The summed E-state index contributed by atoms with van der Waals surface area (Å²) < 4.78 is 27.6. The van der Waals surface area contributed by atoms with Crippen LogP contribution in [0.3, 0.4) is 0 Å². The molecule has 2 N–H and O–H groups in total. The molecule has 1 aromatic rings. The van der Waals surface area contributed by atoms with Gasteiger partial charge in [-0.3, -0.25) is 10.1 Å². The zero-order valence-corrected chi connectivity index (χ0v) is 13.9. The molecule has 0 bridgehead atoms. The number of hydrogen-bond acceptors (Lipinski definition) is 7. The molecule has 1 aromatic carbocycles. The van der Waals surface area contributed by atoms with E-state index in [1.807, 2.05) is 0 Å². The molecule has 0 unspecified atom stereocenters. The van der Waals surface area contributed by atoms with Gasteiger partial charge in [0.1, 0.15) is 5.69 Å². The normalized spacial score (nSPS) is 15.2. The van der Waals surface area contributed by atoms with Crippen molar-refractivity contribution in [2.45, 2.75) is 11.8 Å². The second-order valence-electron chi connectivity index (χ2n) is 5.13. The lowest BCUT2D eigenvalue weighted by Crippen LogP contribution is -2.49. The van der Waals surface area contributed by atoms with E-state index in [4.69, 9.17) is 9.88 Å². The first-order valence-corrected chi connectivity index (χ1v) is 8.76. The fourth-order valence-electron chi connectivity index (χ4n) is 2.44. The fraction of sp³-hybridized carbons (Fsp3) is 0.462. The highest BCUT2D eigenvalue weighted by atomic mass is 32.2. The number of nitrogens with two attached hydrogens (primary N) is 1. The molecule has 2 rings (SSSR count). The molecule has 1 heterocycles. The lowest BCUT2D eigenvalue weighted by atomic mass is 10.2. The molecule has 0 radical (unpaired) electrons. The third-order valence-corrected chi connectivity index (χ3v) is 4.53. The highest BCUT2D eigenvalue weighted by molar-refractivity contribution is 7.89. The Morgan fingerprint density at radius 2 is 1.96 bits per heavy atom. The van der Waals surface area contributed by atoms with Gasteiger partial charge in [0.2, 0.25) is 10.0 Å². The van der Waals surface area contributed by atoms with Crippen molar-refractivity contribution in [3.63, 3.8) is 0 Å². The number of nitro benzene ring substituents is 1. The Morgan fingerprint density at radius 3 is 2.46 bits per heavy atom. The number of piperazine rings is 1. The van der Waals surface area contributed by atoms with Gasteiger partial charge in [-0.1, -0.05) is 0 Å². The minimum absolute atomic E-state index is 0.277. The molecule has 10 nitrogen and oxygen atoms in total. The zero-order chi connectivity index (χ0) is 17.9. The van der Waals surface area contributed by atoms with Crippen molar-refractivity contribution in [2.24, 2.45) is 5.14 Å². The Morgan fingerprint density at radius 1 is 1.33 bits per heavy atom. The van der Waals surface area contributed by atoms with E-state index in [-0.39, 0.29) is 22.9 Å². The molecule has 11 heteroatoms. The number of carbonyl (C=O) groups is 1. The summed E-state index contributed by atoms with van der Waals surface area (Å²) in [6.45, 7) is 3.44. The van der Waals surface area contributed by atoms with Crippen LogP contribution in [0.4, 0.5) is 16.2 Å². The molecule has 1 aliphatic rings. The van der Waals surface area contributed by atoms with Crippen LogP contribution in [-0.4, -0.2) is 57.1 Å². The van der Waals surface area contributed by atoms with Crippen molar-refractivity contribution in [1.82, 2.24) is 4.90 Å². The van der Waals surface area contributed by atoms with E-state index in [9.17, 15) is 23.3 Å². The Hall–Kier alpha value is -2.40. The van der Waals surface area contributed by atoms with E-state index in [0.29, 0.717) is 26.2 Å². The number of amides is 1. The first-order chi connectivity index (χ1) is 11.2. The van der Waals surface area contributed by atoms with Gasteiger partial charge in [0.15, 0.2) is 0 Å². The Balaban J connectivity index is 2.21. The van der Waals surface area contributed by atoms with Gasteiger partial charge in [0, 0.05) is 32.2 Å². The lowest BCUT2D eigenvalue weighted by Gasteiger charge is -2.35. The topological polar surface area (TPSA) is 136 Å². The maximum absolute atomic E-state index is 11.7. The number of nitro groups is 1. The van der Waals surface area contributed by atoms with E-state index in [2.05, 4.69) is 0 Å². The number of rotatable bonds is 4. The second kappa shape index (κ2) is 7.01. The molecule has 1 saturated heterocycles. The van der Waals surface area contributed by atoms with Crippen LogP contribution in [0.1, 0.15) is 6.92 Å². The number of anilines is 1. The van der Waals surface area contributed by atoms with Crippen molar-refractivity contribution in [3.05, 3.63) is 28.3 Å². The molecule has 0 aliphatic carbocycles. The molecular weight excluding hydrogens is 340 g/mol. The van der Waals surface area contributed by atoms with Crippen LogP contribution in [0.25, 0.3) is 0 Å². The van der Waals surface area contributed by atoms with Crippen molar-refractivity contribution in [1.29, 1.82) is 0 Å². The smallest absolute Gasteiger partial charge is 0.409 e. The highest BCUT2D eigenvalue weighted by Crippen LogP contribution is 2.31. The summed E-state index contributed by atoms with van der Waals surface area (Å²) in [7, 11) is -4.03. The number of primary sulfonamides is 1. The quantitative estimate of drug-likeness (QED) is 0.612. The van der Waals surface area contributed by atoms with Crippen molar-refractivity contribution in [2.75, 3.05) is 37.7 Å². The molecule has 0 atom stereocenters. The molecule has 132 valence electrons. The molecular formula is C13H18N4O6S. The summed E-state index contributed by atoms with van der Waals surface area (Å²) in [5.41, 5.74) is -0.0537. The molecule has 0 aromatic heterocycles. The standard InChI is InChI=1S/C13H18N4O6S/c1-2-23-13(18)16-7-5-15(6-8-16)11-4-3-10(24(14,21)22)9-12(11)17(19)20/h3-4,9H,2,5-8H2,1H3,(H2,14,21,22). The average molecular weight is 358 g/mol. The van der Waals surface area contributed by atoms with Gasteiger partial charge >= 0.3 is 6.09 Å². The Labute approximate surface area is 139 Å². The van der Waals surface area contributed by atoms with Gasteiger partial charge in [0.05, 0.1) is 16.4 Å². The number of carbonyl (C=O) groups excluding carboxylic acids is 1. The molecule has 1 aliphatic heterocycles. The maximum atomic E-state index is 11.7. The minimum Gasteiger partial charge on any atom is -0.450 e. The van der Waals surface area contributed by atoms with Crippen molar-refractivity contribution < 1.29 is 22.9 Å². The predicted molar refractivity (Wildman–Crippen MR) is 85.3 cm³/mol. The van der Waals surface area contributed by atoms with Crippen LogP contribution in [0.2, 0.25) is 0 Å². The van der Waals surface area contributed by atoms with Crippen molar-refractivity contribution >= 4 is 27.5 Å². The monoisotopic (exact) mass is 358 g/mol. The minimum atomic E-state index is -4.03. The van der Waals surface area contributed by atoms with Gasteiger partial charge in [-0.05, 0) is 19.1 Å². The fourth-order valence-corrected chi connectivity index (χ4v) is 2.97. The number of benzene rings is 1. The van der Waals surface area contributed by atoms with E-state index in [1.54, 1.807) is 11.8 Å². The van der Waals surface area contributed by atoms with Crippen LogP contribution in [0.15, 0.2) is 23.1 Å². The van der Waals surface area contributed by atoms with E-state index in [0.717, 1.165) is 6.07 Å². The predicted octanol–water partition coefficient (Wildman–Crippen LogP) is 0.521. The number of nitrogens with zero attached hydrogens (tertiary/aromatic N) is 3. The number of hydrogen-bond donors (Lipinski definition) is 1. The Kier molecular flexibility index (Phi) is 5.24. The third kappa shape index (κ3) is 3.92. The van der Waals surface area contributed by atoms with Crippen LogP contribution in [-0.2, 0) is 14.8 Å². The second-order valence-corrected chi connectivity index (χ2v) is 6.69. The summed E-state index contributed by atoms with van der Waals surface area (Å²) in [6.07, 6.45) is -0.420. The summed E-state index contributed by atoms with van der Waals surface area (Å²) in [6, 6.07) is 3.54. The van der Waals surface area contributed by atoms with Gasteiger partial charge in [-0.15, -0.1) is 0 Å². The van der Waals surface area contributed by atoms with E-state index < -0.39 is 21.0 Å². The SMILES string of the molecule is CCOC(=O)N1CCN(c2ccc(S(N)(=O)=O)cc2[N+](=O)[O-])CC1. The van der Waals surface area contributed by atoms with Crippen molar-refractivity contribution in [3.8, 4) is 0 Å². The zero-order valence-electron chi connectivity index (χ0n) is 13.0. The average Bonchev–Trinajstić information content (AvgIpc) is 2.53. The van der Waals surface area contributed by atoms with E-state index >= 15 is 0 Å². The van der Waals surface area contributed by atoms with Gasteiger partial charge < -0.3 is 14.5 Å². The first kappa shape index (κ1) is 17.9. The van der Waals surface area contributed by atoms with Crippen LogP contribution < -0.4 is 10.0 Å². The summed E-state index contributed by atoms with van der Waals surface area (Å²) in [5.74, 6) is 0. The molecule has 1 amide bonds. The summed E-state index contributed by atoms with van der Waals surface area (Å²) in [5, 5.41) is 16.3. The number of sulfonamides is 1. The Bertz CT molecular complexity index is 743. The summed E-state index contributed by atoms with van der Waals surface area (Å²) >= 11 is 0. The lowest BCUT2D eigenvalue weighted by molar-refractivity contribution is -0.384. The van der Waals surface area contributed by atoms with E-state index in [1.165, 1.54) is 17.0 Å². The molecule has 0 spiro atoms. The van der Waals surface area contributed by atoms with Gasteiger partial charge in [0.25, 0.3) is 5.69 Å². The largest absolute Gasteiger partial charge is 0.450 e. The van der Waals surface area contributed by atoms with Crippen LogP contribution >= 0.6 is 0 Å². The maximum Gasteiger partial charge on any atom is 0.409 e. The number of ether oxygens (including phenoxy) is 1. The molecule has 1 fully saturated rings. The summed E-state index contributed by atoms with van der Waals surface area (Å²) in [4.78, 5) is 25.2. The van der Waals surface area contributed by atoms with Gasteiger partial charge in [-0.25, -0.2) is 18.4 Å². The van der Waals surface area contributed by atoms with Gasteiger partial charge in [-0.2, -0.15) is 0 Å². The van der Waals surface area contributed by atoms with Crippen LogP contribution in [0, 0.1) is 10.1 Å². The third-order valence-electron chi connectivity index (χ3n) is 3.62. The molecule has 24 heavy (non-hydrogen) atoms. The molecule has 0 saturated carbocycles. The van der Waals surface area contributed by atoms with Crippen LogP contribution in [0.5, 0.6) is 0 Å². The highest BCUT2D eigenvalue weighted by Gasteiger charge is 2.27. The first-order valence-electron chi connectivity index (χ1n) is 7.22.